The molecule has 0 bridgehead atoms. The summed E-state index contributed by atoms with van der Waals surface area (Å²) in [5, 5.41) is 2.83. The lowest BCUT2D eigenvalue weighted by molar-refractivity contribution is -0.134. The van der Waals surface area contributed by atoms with E-state index in [2.05, 4.69) is 24.0 Å². The summed E-state index contributed by atoms with van der Waals surface area (Å²) in [6, 6.07) is 17.9. The zero-order valence-corrected chi connectivity index (χ0v) is 17.8. The Labute approximate surface area is 181 Å². The number of carbonyl (C=O) groups is 2. The number of fused-ring (bicyclic) bond motifs is 1. The van der Waals surface area contributed by atoms with Gasteiger partial charge in [0.1, 0.15) is 11.6 Å². The fraction of sp³-hybridized carbons (Fsp3) is 0.292. The van der Waals surface area contributed by atoms with Gasteiger partial charge in [-0.25, -0.2) is 4.98 Å². The van der Waals surface area contributed by atoms with E-state index in [0.29, 0.717) is 18.7 Å². The third-order valence-electron chi connectivity index (χ3n) is 5.56. The van der Waals surface area contributed by atoms with Crippen LogP contribution in [0.15, 0.2) is 66.2 Å². The predicted molar refractivity (Wildman–Crippen MR) is 118 cm³/mol. The molecule has 0 fully saturated rings. The first-order valence-corrected chi connectivity index (χ1v) is 11.1. The number of thiazole rings is 1. The molecule has 2 amide bonds. The number of aromatic nitrogens is 1. The molecule has 30 heavy (non-hydrogen) atoms. The number of hydrogen-bond donors (Lipinski definition) is 0. The molecule has 1 aliphatic rings. The van der Waals surface area contributed by atoms with Crippen molar-refractivity contribution < 1.29 is 9.59 Å². The zero-order valence-electron chi connectivity index (χ0n) is 17.0. The van der Waals surface area contributed by atoms with Crippen LogP contribution in [0.1, 0.15) is 39.8 Å². The van der Waals surface area contributed by atoms with E-state index in [-0.39, 0.29) is 24.4 Å². The standard InChI is InChI=1S/C24H25N3O2S/c1-18(11-12-19-7-3-2-4-8-19)27(16-22-25-13-14-30-22)23(28)17-26-15-20-9-5-6-10-21(20)24(26)29/h2-10,13-14,18H,11-12,15-17H2,1H3/t18-/m0/s1. The Balaban J connectivity index is 1.45. The highest BCUT2D eigenvalue weighted by Gasteiger charge is 2.31. The maximum atomic E-state index is 13.3. The van der Waals surface area contributed by atoms with Gasteiger partial charge in [-0.1, -0.05) is 48.5 Å². The number of hydrogen-bond acceptors (Lipinski definition) is 4. The fourth-order valence-electron chi connectivity index (χ4n) is 3.84. The molecule has 1 aromatic heterocycles. The second kappa shape index (κ2) is 9.22. The molecular weight excluding hydrogens is 394 g/mol. The number of rotatable bonds is 8. The van der Waals surface area contributed by atoms with E-state index in [4.69, 9.17) is 0 Å². The minimum atomic E-state index is -0.0647. The summed E-state index contributed by atoms with van der Waals surface area (Å²) in [5.41, 5.74) is 2.95. The van der Waals surface area contributed by atoms with Gasteiger partial charge in [0.15, 0.2) is 0 Å². The number of amides is 2. The van der Waals surface area contributed by atoms with Crippen LogP contribution in [0.3, 0.4) is 0 Å². The average Bonchev–Trinajstić information content (AvgIpc) is 3.39. The number of nitrogens with zero attached hydrogens (tertiary/aromatic N) is 3. The molecular formula is C24H25N3O2S. The summed E-state index contributed by atoms with van der Waals surface area (Å²) in [6.45, 7) is 3.13. The Morgan fingerprint density at radius 2 is 1.93 bits per heavy atom. The largest absolute Gasteiger partial charge is 0.332 e. The van der Waals surface area contributed by atoms with Gasteiger partial charge in [-0.05, 0) is 37.0 Å². The molecule has 3 aromatic rings. The highest BCUT2D eigenvalue weighted by molar-refractivity contribution is 7.09. The van der Waals surface area contributed by atoms with Gasteiger partial charge in [0.05, 0.1) is 6.54 Å². The van der Waals surface area contributed by atoms with Gasteiger partial charge in [0, 0.05) is 29.7 Å². The third kappa shape index (κ3) is 4.60. The summed E-state index contributed by atoms with van der Waals surface area (Å²) in [5.74, 6) is -0.1000. The smallest absolute Gasteiger partial charge is 0.254 e. The average molecular weight is 420 g/mol. The van der Waals surface area contributed by atoms with E-state index >= 15 is 0 Å². The maximum Gasteiger partial charge on any atom is 0.254 e. The van der Waals surface area contributed by atoms with Crippen molar-refractivity contribution in [1.82, 2.24) is 14.8 Å². The summed E-state index contributed by atoms with van der Waals surface area (Å²) in [7, 11) is 0. The van der Waals surface area contributed by atoms with Crippen LogP contribution in [0.5, 0.6) is 0 Å². The Morgan fingerprint density at radius 3 is 2.67 bits per heavy atom. The molecule has 0 N–H and O–H groups in total. The van der Waals surface area contributed by atoms with E-state index < -0.39 is 0 Å². The summed E-state index contributed by atoms with van der Waals surface area (Å²) < 4.78 is 0. The molecule has 0 aliphatic carbocycles. The molecule has 0 spiro atoms. The monoisotopic (exact) mass is 419 g/mol. The van der Waals surface area contributed by atoms with Gasteiger partial charge < -0.3 is 9.80 Å². The molecule has 0 radical (unpaired) electrons. The van der Waals surface area contributed by atoms with Crippen molar-refractivity contribution in [3.8, 4) is 0 Å². The van der Waals surface area contributed by atoms with E-state index in [1.54, 1.807) is 22.4 Å². The van der Waals surface area contributed by atoms with Crippen molar-refractivity contribution in [2.24, 2.45) is 0 Å². The highest BCUT2D eigenvalue weighted by atomic mass is 32.1. The van der Waals surface area contributed by atoms with Crippen LogP contribution in [-0.4, -0.2) is 39.2 Å². The topological polar surface area (TPSA) is 53.5 Å². The first kappa shape index (κ1) is 20.3. The minimum Gasteiger partial charge on any atom is -0.332 e. The number of benzene rings is 2. The second-order valence-corrected chi connectivity index (χ2v) is 8.62. The quantitative estimate of drug-likeness (QED) is 0.551. The fourth-order valence-corrected chi connectivity index (χ4v) is 4.45. The molecule has 154 valence electrons. The van der Waals surface area contributed by atoms with Gasteiger partial charge in [0.2, 0.25) is 5.91 Å². The summed E-state index contributed by atoms with van der Waals surface area (Å²) in [4.78, 5) is 33.9. The van der Waals surface area contributed by atoms with Gasteiger partial charge in [-0.15, -0.1) is 11.3 Å². The van der Waals surface area contributed by atoms with Crippen LogP contribution in [0.4, 0.5) is 0 Å². The number of carbonyl (C=O) groups excluding carboxylic acids is 2. The molecule has 4 rings (SSSR count). The normalized spacial score (nSPS) is 13.9. The maximum absolute atomic E-state index is 13.3. The van der Waals surface area contributed by atoms with Crippen molar-refractivity contribution in [2.45, 2.75) is 38.9 Å². The molecule has 0 saturated heterocycles. The second-order valence-electron chi connectivity index (χ2n) is 7.64. The van der Waals surface area contributed by atoms with Crippen LogP contribution in [0, 0.1) is 0 Å². The first-order chi connectivity index (χ1) is 14.6. The third-order valence-corrected chi connectivity index (χ3v) is 6.32. The Morgan fingerprint density at radius 1 is 1.17 bits per heavy atom. The molecule has 2 aromatic carbocycles. The lowest BCUT2D eigenvalue weighted by Crippen LogP contribution is -2.44. The van der Waals surface area contributed by atoms with Crippen LogP contribution < -0.4 is 0 Å². The molecule has 1 atom stereocenters. The first-order valence-electron chi connectivity index (χ1n) is 10.2. The molecule has 0 saturated carbocycles. The van der Waals surface area contributed by atoms with Gasteiger partial charge in [-0.2, -0.15) is 0 Å². The van der Waals surface area contributed by atoms with Crippen molar-refractivity contribution in [3.05, 3.63) is 87.9 Å². The summed E-state index contributed by atoms with van der Waals surface area (Å²) in [6.07, 6.45) is 3.52. The van der Waals surface area contributed by atoms with Crippen molar-refractivity contribution in [3.63, 3.8) is 0 Å². The molecule has 2 heterocycles. The van der Waals surface area contributed by atoms with Gasteiger partial charge >= 0.3 is 0 Å². The lowest BCUT2D eigenvalue weighted by Gasteiger charge is -2.30. The van der Waals surface area contributed by atoms with Crippen molar-refractivity contribution in [1.29, 1.82) is 0 Å². The van der Waals surface area contributed by atoms with Crippen LogP contribution in [0.2, 0.25) is 0 Å². The van der Waals surface area contributed by atoms with Crippen molar-refractivity contribution in [2.75, 3.05) is 6.54 Å². The Kier molecular flexibility index (Phi) is 6.23. The Hall–Kier alpha value is -2.99. The van der Waals surface area contributed by atoms with E-state index in [1.165, 1.54) is 5.56 Å². The highest BCUT2D eigenvalue weighted by Crippen LogP contribution is 2.23. The van der Waals surface area contributed by atoms with Crippen LogP contribution in [0.25, 0.3) is 0 Å². The predicted octanol–water partition coefficient (Wildman–Crippen LogP) is 4.15. The van der Waals surface area contributed by atoms with Crippen LogP contribution in [-0.2, 0) is 24.3 Å². The van der Waals surface area contributed by atoms with Crippen molar-refractivity contribution >= 4 is 23.2 Å². The molecule has 6 heteroatoms. The summed E-state index contributed by atoms with van der Waals surface area (Å²) >= 11 is 1.55. The van der Waals surface area contributed by atoms with Gasteiger partial charge in [0.25, 0.3) is 5.91 Å². The zero-order chi connectivity index (χ0) is 20.9. The lowest BCUT2D eigenvalue weighted by atomic mass is 10.1. The minimum absolute atomic E-state index is 0.0353. The number of aryl methyl sites for hydroxylation is 1. The van der Waals surface area contributed by atoms with E-state index in [0.717, 1.165) is 23.4 Å². The Bertz CT molecular complexity index is 1000. The SMILES string of the molecule is C[C@@H](CCc1ccccc1)N(Cc1nccs1)C(=O)CN1Cc2ccccc2C1=O. The van der Waals surface area contributed by atoms with Gasteiger partial charge in [-0.3, -0.25) is 9.59 Å². The molecule has 5 nitrogen and oxygen atoms in total. The van der Waals surface area contributed by atoms with Crippen LogP contribution >= 0.6 is 11.3 Å². The molecule has 0 unspecified atom stereocenters. The molecule has 1 aliphatic heterocycles. The van der Waals surface area contributed by atoms with E-state index in [1.807, 2.05) is 52.7 Å². The van der Waals surface area contributed by atoms with E-state index in [9.17, 15) is 9.59 Å².